The van der Waals surface area contributed by atoms with Gasteiger partial charge in [0.15, 0.2) is 0 Å². The molecule has 1 aliphatic rings. The highest BCUT2D eigenvalue weighted by molar-refractivity contribution is 7.94. The van der Waals surface area contributed by atoms with Gasteiger partial charge in [-0.3, -0.25) is 9.10 Å². The Bertz CT molecular complexity index is 1280. The first kappa shape index (κ1) is 24.4. The molecule has 1 aromatic carbocycles. The number of anilines is 2. The molecule has 0 unspecified atom stereocenters. The summed E-state index contributed by atoms with van der Waals surface area (Å²) >= 11 is 2.35. The van der Waals surface area contributed by atoms with Gasteiger partial charge < -0.3 is 10.1 Å². The molecule has 0 atom stereocenters. The number of nitrogens with zero attached hydrogens (tertiary/aromatic N) is 1. The predicted octanol–water partition coefficient (Wildman–Crippen LogP) is 4.84. The zero-order valence-electron chi connectivity index (χ0n) is 18.4. The van der Waals surface area contributed by atoms with Gasteiger partial charge in [-0.25, -0.2) is 17.6 Å². The number of benzene rings is 1. The Morgan fingerprint density at radius 2 is 1.88 bits per heavy atom. The van der Waals surface area contributed by atoms with Crippen LogP contribution in [-0.4, -0.2) is 33.4 Å². The molecule has 0 fully saturated rings. The second-order valence-electron chi connectivity index (χ2n) is 7.60. The van der Waals surface area contributed by atoms with Crippen molar-refractivity contribution in [2.45, 2.75) is 36.8 Å². The van der Waals surface area contributed by atoms with E-state index in [0.717, 1.165) is 63.9 Å². The predicted molar refractivity (Wildman–Crippen MR) is 131 cm³/mol. The van der Waals surface area contributed by atoms with E-state index >= 15 is 0 Å². The van der Waals surface area contributed by atoms with E-state index in [1.165, 1.54) is 29.5 Å². The number of carbonyl (C=O) groups excluding carboxylic acids is 2. The van der Waals surface area contributed by atoms with Crippen molar-refractivity contribution >= 4 is 55.3 Å². The SMILES string of the molecule is CCOC(=O)c1c(NC(=O)CN(c2ccc(F)cc2)S(=O)(=O)c2cccs2)sc2c1CCCC2. The zero-order chi connectivity index (χ0) is 24.3. The quantitative estimate of drug-likeness (QED) is 0.428. The molecule has 0 aliphatic heterocycles. The Labute approximate surface area is 205 Å². The molecule has 0 spiro atoms. The van der Waals surface area contributed by atoms with Crippen LogP contribution in [0.2, 0.25) is 0 Å². The molecule has 11 heteroatoms. The lowest BCUT2D eigenvalue weighted by atomic mass is 9.95. The highest BCUT2D eigenvalue weighted by Gasteiger charge is 2.31. The second kappa shape index (κ2) is 10.2. The Balaban J connectivity index is 1.65. The van der Waals surface area contributed by atoms with Crippen molar-refractivity contribution in [2.75, 3.05) is 22.8 Å². The van der Waals surface area contributed by atoms with Crippen LogP contribution >= 0.6 is 22.7 Å². The minimum atomic E-state index is -4.07. The van der Waals surface area contributed by atoms with Gasteiger partial charge in [-0.1, -0.05) is 6.07 Å². The molecule has 0 saturated heterocycles. The number of hydrogen-bond donors (Lipinski definition) is 1. The number of aryl methyl sites for hydroxylation is 1. The van der Waals surface area contributed by atoms with E-state index in [1.54, 1.807) is 18.4 Å². The summed E-state index contributed by atoms with van der Waals surface area (Å²) < 4.78 is 46.2. The third kappa shape index (κ3) is 5.01. The minimum absolute atomic E-state index is 0.0587. The van der Waals surface area contributed by atoms with Crippen LogP contribution in [0.4, 0.5) is 15.1 Å². The molecule has 0 bridgehead atoms. The lowest BCUT2D eigenvalue weighted by Gasteiger charge is -2.23. The summed E-state index contributed by atoms with van der Waals surface area (Å²) in [5, 5.41) is 4.72. The number of fused-ring (bicyclic) bond motifs is 1. The summed E-state index contributed by atoms with van der Waals surface area (Å²) in [6, 6.07) is 7.93. The number of halogens is 1. The van der Waals surface area contributed by atoms with Crippen molar-refractivity contribution in [3.8, 4) is 0 Å². The maximum absolute atomic E-state index is 13.5. The van der Waals surface area contributed by atoms with Crippen LogP contribution in [0.3, 0.4) is 0 Å². The van der Waals surface area contributed by atoms with Crippen LogP contribution in [0.5, 0.6) is 0 Å². The molecule has 4 rings (SSSR count). The van der Waals surface area contributed by atoms with Gasteiger partial charge in [0.25, 0.3) is 10.0 Å². The van der Waals surface area contributed by atoms with Crippen molar-refractivity contribution in [1.29, 1.82) is 0 Å². The molecular weight excluding hydrogens is 499 g/mol. The number of nitrogens with one attached hydrogen (secondary N) is 1. The molecule has 7 nitrogen and oxygen atoms in total. The van der Waals surface area contributed by atoms with Gasteiger partial charge in [0.1, 0.15) is 21.6 Å². The number of hydrogen-bond acceptors (Lipinski definition) is 7. The van der Waals surface area contributed by atoms with Crippen molar-refractivity contribution in [1.82, 2.24) is 0 Å². The highest BCUT2D eigenvalue weighted by atomic mass is 32.2. The Morgan fingerprint density at radius 1 is 1.15 bits per heavy atom. The number of esters is 1. The average Bonchev–Trinajstić information content (AvgIpc) is 3.47. The van der Waals surface area contributed by atoms with E-state index in [2.05, 4.69) is 5.32 Å². The Morgan fingerprint density at radius 3 is 2.56 bits per heavy atom. The zero-order valence-corrected chi connectivity index (χ0v) is 20.8. The number of ether oxygens (including phenoxy) is 1. The third-order valence-corrected chi connectivity index (χ3v) is 9.70. The van der Waals surface area contributed by atoms with Crippen LogP contribution < -0.4 is 9.62 Å². The molecule has 2 heterocycles. The number of amides is 1. The normalized spacial score (nSPS) is 13.2. The van der Waals surface area contributed by atoms with E-state index in [-0.39, 0.29) is 16.5 Å². The highest BCUT2D eigenvalue weighted by Crippen LogP contribution is 2.38. The molecule has 0 radical (unpaired) electrons. The maximum atomic E-state index is 13.5. The van der Waals surface area contributed by atoms with Crippen molar-refractivity contribution in [2.24, 2.45) is 0 Å². The first-order valence-corrected chi connectivity index (χ1v) is 13.9. The fourth-order valence-corrected chi connectivity index (χ4v) is 7.63. The molecule has 1 aliphatic carbocycles. The summed E-state index contributed by atoms with van der Waals surface area (Å²) in [5.41, 5.74) is 1.40. The molecule has 34 heavy (non-hydrogen) atoms. The fourth-order valence-electron chi connectivity index (χ4n) is 3.81. The van der Waals surface area contributed by atoms with Crippen LogP contribution in [0.25, 0.3) is 0 Å². The number of rotatable bonds is 8. The number of thiophene rings is 2. The van der Waals surface area contributed by atoms with E-state index in [0.29, 0.717) is 10.6 Å². The fraction of sp³-hybridized carbons (Fsp3) is 0.304. The maximum Gasteiger partial charge on any atom is 0.341 e. The lowest BCUT2D eigenvalue weighted by molar-refractivity contribution is -0.114. The van der Waals surface area contributed by atoms with Gasteiger partial charge in [-0.2, -0.15) is 0 Å². The van der Waals surface area contributed by atoms with Crippen molar-refractivity contribution in [3.63, 3.8) is 0 Å². The van der Waals surface area contributed by atoms with Crippen molar-refractivity contribution in [3.05, 3.63) is 63.6 Å². The Hall–Kier alpha value is -2.76. The summed E-state index contributed by atoms with van der Waals surface area (Å²) in [6.45, 7) is 1.37. The molecule has 1 N–H and O–H groups in total. The minimum Gasteiger partial charge on any atom is -0.462 e. The summed E-state index contributed by atoms with van der Waals surface area (Å²) in [7, 11) is -4.07. The van der Waals surface area contributed by atoms with Gasteiger partial charge >= 0.3 is 5.97 Å². The Kier molecular flexibility index (Phi) is 7.34. The summed E-state index contributed by atoms with van der Waals surface area (Å²) in [4.78, 5) is 26.8. The molecular formula is C23H23FN2O5S3. The number of sulfonamides is 1. The second-order valence-corrected chi connectivity index (χ2v) is 11.7. The van der Waals surface area contributed by atoms with Crippen LogP contribution in [0.15, 0.2) is 46.0 Å². The summed E-state index contributed by atoms with van der Waals surface area (Å²) in [6.07, 6.45) is 3.49. The van der Waals surface area contributed by atoms with Crippen LogP contribution in [-0.2, 0) is 32.4 Å². The summed E-state index contributed by atoms with van der Waals surface area (Å²) in [5.74, 6) is -1.64. The first-order chi connectivity index (χ1) is 16.3. The molecule has 1 amide bonds. The van der Waals surface area contributed by atoms with Gasteiger partial charge in [0.05, 0.1) is 17.9 Å². The van der Waals surface area contributed by atoms with Crippen molar-refractivity contribution < 1.29 is 27.1 Å². The largest absolute Gasteiger partial charge is 0.462 e. The monoisotopic (exact) mass is 522 g/mol. The van der Waals surface area contributed by atoms with E-state index < -0.39 is 34.3 Å². The van der Waals surface area contributed by atoms with Gasteiger partial charge in [-0.15, -0.1) is 22.7 Å². The van der Waals surface area contributed by atoms with Crippen LogP contribution in [0.1, 0.15) is 40.6 Å². The van der Waals surface area contributed by atoms with E-state index in [1.807, 2.05) is 0 Å². The number of carbonyl (C=O) groups is 2. The van der Waals surface area contributed by atoms with E-state index in [9.17, 15) is 22.4 Å². The average molecular weight is 523 g/mol. The first-order valence-electron chi connectivity index (χ1n) is 10.7. The smallest absolute Gasteiger partial charge is 0.341 e. The van der Waals surface area contributed by atoms with Crippen LogP contribution in [0, 0.1) is 5.82 Å². The van der Waals surface area contributed by atoms with Gasteiger partial charge in [0.2, 0.25) is 5.91 Å². The van der Waals surface area contributed by atoms with Gasteiger partial charge in [0, 0.05) is 4.88 Å². The molecule has 0 saturated carbocycles. The lowest BCUT2D eigenvalue weighted by Crippen LogP contribution is -2.38. The third-order valence-electron chi connectivity index (χ3n) is 5.35. The standard InChI is InChI=1S/C23H23FN2O5S3/c1-2-31-23(28)21-17-6-3-4-7-18(17)33-22(21)25-19(27)14-26(16-11-9-15(24)10-12-16)34(29,30)20-8-5-13-32-20/h5,8-13H,2-4,6-7,14H2,1H3,(H,25,27). The van der Waals surface area contributed by atoms with E-state index in [4.69, 9.17) is 4.74 Å². The van der Waals surface area contributed by atoms with Gasteiger partial charge in [-0.05, 0) is 73.9 Å². The molecule has 2 aromatic heterocycles. The molecule has 3 aromatic rings. The topological polar surface area (TPSA) is 92.8 Å². The molecule has 180 valence electrons.